The normalized spacial score (nSPS) is 19.8. The smallest absolute Gasteiger partial charge is 0.387 e. The van der Waals surface area contributed by atoms with Gasteiger partial charge in [-0.15, -0.1) is 0 Å². The number of anilines is 3. The van der Waals surface area contributed by atoms with Crippen molar-refractivity contribution in [1.82, 2.24) is 15.3 Å². The summed E-state index contributed by atoms with van der Waals surface area (Å²) in [6, 6.07) is 5.86. The number of ether oxygens (including phenoxy) is 1. The molecule has 1 aromatic heterocycles. The van der Waals surface area contributed by atoms with E-state index in [1.807, 2.05) is 14.1 Å². The summed E-state index contributed by atoms with van der Waals surface area (Å²) in [6.45, 7) is -2.87. The Balaban J connectivity index is 1.26. The molecular weight excluding hydrogens is 442 g/mol. The van der Waals surface area contributed by atoms with Crippen molar-refractivity contribution in [3.63, 3.8) is 0 Å². The molecule has 0 unspecified atom stereocenters. The summed E-state index contributed by atoms with van der Waals surface area (Å²) in [4.78, 5) is 24.0. The third kappa shape index (κ3) is 6.24. The van der Waals surface area contributed by atoms with Crippen molar-refractivity contribution < 1.29 is 18.3 Å². The molecule has 0 atom stereocenters. The monoisotopic (exact) mass is 474 g/mol. The van der Waals surface area contributed by atoms with Gasteiger partial charge in [-0.25, -0.2) is 9.78 Å². The minimum atomic E-state index is -2.87. The number of aromatic nitrogens is 2. The molecule has 0 aliphatic heterocycles. The van der Waals surface area contributed by atoms with Crippen molar-refractivity contribution in [3.05, 3.63) is 35.5 Å². The highest BCUT2D eigenvalue weighted by atomic mass is 19.3. The van der Waals surface area contributed by atoms with Crippen molar-refractivity contribution >= 4 is 23.5 Å². The Hall–Kier alpha value is -3.17. The summed E-state index contributed by atoms with van der Waals surface area (Å²) in [6.07, 6.45) is 7.90. The molecule has 1 heterocycles. The van der Waals surface area contributed by atoms with Gasteiger partial charge in [-0.3, -0.25) is 0 Å². The van der Waals surface area contributed by atoms with Gasteiger partial charge in [-0.05, 0) is 75.6 Å². The fourth-order valence-corrected chi connectivity index (χ4v) is 4.65. The number of fused-ring (bicyclic) bond motifs is 1. The minimum Gasteiger partial charge on any atom is -0.435 e. The second kappa shape index (κ2) is 10.8. The lowest BCUT2D eigenvalue weighted by Crippen LogP contribution is -2.42. The second-order valence-corrected chi connectivity index (χ2v) is 9.09. The molecule has 10 heteroatoms. The highest BCUT2D eigenvalue weighted by Gasteiger charge is 2.25. The van der Waals surface area contributed by atoms with E-state index in [4.69, 9.17) is 9.97 Å². The Kier molecular flexibility index (Phi) is 7.64. The number of nitrogens with zero attached hydrogens (tertiary/aromatic N) is 3. The molecule has 34 heavy (non-hydrogen) atoms. The van der Waals surface area contributed by atoms with Gasteiger partial charge in [-0.1, -0.05) is 0 Å². The Morgan fingerprint density at radius 2 is 1.71 bits per heavy atom. The van der Waals surface area contributed by atoms with Crippen LogP contribution in [0.3, 0.4) is 0 Å². The number of aryl methyl sites for hydroxylation is 1. The molecule has 4 rings (SSSR count). The standard InChI is InChI=1S/C24H32F2N6O2/c1-32(2)21-19-5-3-4-6-20(19)30-23(31-21)27-15-7-9-16(10-8-15)28-24(33)29-17-11-13-18(14-12-17)34-22(25)26/h11-16,22H,3-10H2,1-2H3,(H,27,30,31)(H2,28,29,33). The van der Waals surface area contributed by atoms with Crippen molar-refractivity contribution in [2.75, 3.05) is 29.6 Å². The summed E-state index contributed by atoms with van der Waals surface area (Å²) < 4.78 is 28.8. The van der Waals surface area contributed by atoms with Crippen LogP contribution in [-0.4, -0.2) is 48.8 Å². The van der Waals surface area contributed by atoms with E-state index in [1.165, 1.54) is 42.7 Å². The van der Waals surface area contributed by atoms with Crippen LogP contribution in [0.4, 0.5) is 31.0 Å². The fourth-order valence-electron chi connectivity index (χ4n) is 4.65. The lowest BCUT2D eigenvalue weighted by atomic mass is 9.91. The Labute approximate surface area is 198 Å². The minimum absolute atomic E-state index is 0.0485. The molecule has 0 spiro atoms. The highest BCUT2D eigenvalue weighted by Crippen LogP contribution is 2.29. The molecule has 0 radical (unpaired) electrons. The first kappa shape index (κ1) is 24.0. The van der Waals surface area contributed by atoms with E-state index < -0.39 is 6.61 Å². The molecule has 0 bridgehead atoms. The zero-order chi connectivity index (χ0) is 24.1. The average molecular weight is 475 g/mol. The summed E-state index contributed by atoms with van der Waals surface area (Å²) in [7, 11) is 4.04. The summed E-state index contributed by atoms with van der Waals surface area (Å²) in [5.41, 5.74) is 2.95. The largest absolute Gasteiger partial charge is 0.435 e. The third-order valence-corrected chi connectivity index (χ3v) is 6.32. The number of carbonyl (C=O) groups is 1. The molecule has 1 fully saturated rings. The van der Waals surface area contributed by atoms with E-state index in [2.05, 4.69) is 25.6 Å². The third-order valence-electron chi connectivity index (χ3n) is 6.32. The molecule has 184 valence electrons. The van der Waals surface area contributed by atoms with Crippen LogP contribution in [0.15, 0.2) is 24.3 Å². The maximum atomic E-state index is 12.3. The van der Waals surface area contributed by atoms with Crippen LogP contribution < -0.4 is 25.6 Å². The van der Waals surface area contributed by atoms with E-state index in [1.54, 1.807) is 0 Å². The van der Waals surface area contributed by atoms with Crippen LogP contribution in [0.1, 0.15) is 49.8 Å². The summed E-state index contributed by atoms with van der Waals surface area (Å²) in [5.74, 6) is 1.75. The van der Waals surface area contributed by atoms with Gasteiger partial charge >= 0.3 is 12.6 Å². The molecule has 0 saturated heterocycles. The molecule has 2 aliphatic carbocycles. The van der Waals surface area contributed by atoms with Gasteiger partial charge in [0.1, 0.15) is 11.6 Å². The van der Waals surface area contributed by atoms with E-state index in [0.717, 1.165) is 50.0 Å². The molecule has 2 amide bonds. The van der Waals surface area contributed by atoms with Crippen LogP contribution in [0.25, 0.3) is 0 Å². The van der Waals surface area contributed by atoms with Crippen LogP contribution in [-0.2, 0) is 12.8 Å². The zero-order valence-electron chi connectivity index (χ0n) is 19.6. The highest BCUT2D eigenvalue weighted by molar-refractivity contribution is 5.89. The van der Waals surface area contributed by atoms with Crippen molar-refractivity contribution in [2.24, 2.45) is 0 Å². The number of rotatable bonds is 7. The first-order chi connectivity index (χ1) is 16.4. The van der Waals surface area contributed by atoms with Crippen molar-refractivity contribution in [1.29, 1.82) is 0 Å². The maximum absolute atomic E-state index is 12.3. The Morgan fingerprint density at radius 1 is 1.03 bits per heavy atom. The van der Waals surface area contributed by atoms with E-state index in [-0.39, 0.29) is 23.9 Å². The number of hydrogen-bond acceptors (Lipinski definition) is 6. The summed E-state index contributed by atoms with van der Waals surface area (Å²) in [5, 5.41) is 9.25. The maximum Gasteiger partial charge on any atom is 0.387 e. The van der Waals surface area contributed by atoms with Crippen molar-refractivity contribution in [3.8, 4) is 5.75 Å². The first-order valence-electron chi connectivity index (χ1n) is 11.8. The molecule has 2 aromatic rings. The molecule has 1 saturated carbocycles. The first-order valence-corrected chi connectivity index (χ1v) is 11.8. The Morgan fingerprint density at radius 3 is 2.38 bits per heavy atom. The number of hydrogen-bond donors (Lipinski definition) is 3. The molecule has 2 aliphatic rings. The number of nitrogens with one attached hydrogen (secondary N) is 3. The number of benzene rings is 1. The predicted octanol–water partition coefficient (Wildman–Crippen LogP) is 4.57. The number of alkyl halides is 2. The van der Waals surface area contributed by atoms with Crippen LogP contribution in [0, 0.1) is 0 Å². The van der Waals surface area contributed by atoms with Gasteiger partial charge in [0.05, 0.1) is 5.69 Å². The number of carbonyl (C=O) groups excluding carboxylic acids is 1. The topological polar surface area (TPSA) is 91.4 Å². The Bertz CT molecular complexity index is 978. The van der Waals surface area contributed by atoms with Crippen LogP contribution in [0.2, 0.25) is 0 Å². The molecular formula is C24H32F2N6O2. The van der Waals surface area contributed by atoms with Crippen LogP contribution in [0.5, 0.6) is 5.75 Å². The molecule has 8 nitrogen and oxygen atoms in total. The van der Waals surface area contributed by atoms with Gasteiger partial charge in [0.25, 0.3) is 0 Å². The second-order valence-electron chi connectivity index (χ2n) is 9.09. The van der Waals surface area contributed by atoms with Crippen molar-refractivity contribution in [2.45, 2.75) is 70.1 Å². The summed E-state index contributed by atoms with van der Waals surface area (Å²) >= 11 is 0. The van der Waals surface area contributed by atoms with Gasteiger partial charge in [0.2, 0.25) is 5.95 Å². The van der Waals surface area contributed by atoms with Gasteiger partial charge in [-0.2, -0.15) is 13.8 Å². The SMILES string of the molecule is CN(C)c1nc(NC2CCC(NC(=O)Nc3ccc(OC(F)F)cc3)CC2)nc2c1CCCC2. The lowest BCUT2D eigenvalue weighted by Gasteiger charge is -2.30. The van der Waals surface area contributed by atoms with E-state index in [0.29, 0.717) is 11.6 Å². The molecule has 3 N–H and O–H groups in total. The molecule has 1 aromatic carbocycles. The predicted molar refractivity (Wildman–Crippen MR) is 128 cm³/mol. The van der Waals surface area contributed by atoms with Gasteiger partial charge in [0.15, 0.2) is 0 Å². The van der Waals surface area contributed by atoms with Crippen LogP contribution >= 0.6 is 0 Å². The fraction of sp³-hybridized carbons (Fsp3) is 0.542. The van der Waals surface area contributed by atoms with E-state index >= 15 is 0 Å². The average Bonchev–Trinajstić information content (AvgIpc) is 2.80. The number of amides is 2. The number of halogens is 2. The van der Waals surface area contributed by atoms with E-state index in [9.17, 15) is 13.6 Å². The zero-order valence-corrected chi connectivity index (χ0v) is 19.6. The van der Waals surface area contributed by atoms with Gasteiger partial charge in [0, 0.05) is 37.4 Å². The van der Waals surface area contributed by atoms with Gasteiger partial charge < -0.3 is 25.6 Å². The quantitative estimate of drug-likeness (QED) is 0.545. The lowest BCUT2D eigenvalue weighted by molar-refractivity contribution is -0.0498. The number of urea groups is 1.